The van der Waals surface area contributed by atoms with Gasteiger partial charge >= 0.3 is 0 Å². The first kappa shape index (κ1) is 19.1. The molecule has 0 aliphatic carbocycles. The van der Waals surface area contributed by atoms with Crippen molar-refractivity contribution in [2.75, 3.05) is 4.90 Å². The monoisotopic (exact) mass is 505 g/mol. The predicted octanol–water partition coefficient (Wildman–Crippen LogP) is 2.34. The van der Waals surface area contributed by atoms with Gasteiger partial charge < -0.3 is 9.57 Å². The molecule has 0 radical (unpaired) electrons. The topological polar surface area (TPSA) is 98.9 Å². The average molecular weight is 506 g/mol. The Hall–Kier alpha value is -3.37. The quantitative estimate of drug-likeness (QED) is 0.506. The second-order valence-corrected chi connectivity index (χ2v) is 9.45. The molecule has 164 valence electrons. The molecule has 3 fully saturated rings. The molecular formula is C23H16BrN5O4. The van der Waals surface area contributed by atoms with Crippen LogP contribution in [0.15, 0.2) is 70.4 Å². The summed E-state index contributed by atoms with van der Waals surface area (Å²) in [6.45, 7) is 0. The smallest absolute Gasteiger partial charge is 0.240 e. The first-order valence-electron chi connectivity index (χ1n) is 10.6. The Labute approximate surface area is 196 Å². The highest BCUT2D eigenvalue weighted by Gasteiger charge is 2.72. The zero-order valence-electron chi connectivity index (χ0n) is 17.0. The number of hydrogen-bond acceptors (Lipinski definition) is 7. The number of anilines is 1. The number of nitrogens with zero attached hydrogens (tertiary/aromatic N) is 5. The van der Waals surface area contributed by atoms with Gasteiger partial charge in [0.25, 0.3) is 0 Å². The van der Waals surface area contributed by atoms with E-state index in [1.165, 1.54) is 9.70 Å². The van der Waals surface area contributed by atoms with E-state index in [0.29, 0.717) is 17.1 Å². The van der Waals surface area contributed by atoms with Gasteiger partial charge in [-0.15, -0.1) is 5.10 Å². The van der Waals surface area contributed by atoms with Crippen LogP contribution < -0.4 is 4.90 Å². The lowest BCUT2D eigenvalue weighted by Crippen LogP contribution is -2.45. The van der Waals surface area contributed by atoms with E-state index < -0.39 is 30.1 Å². The van der Waals surface area contributed by atoms with Crippen molar-refractivity contribution in [3.63, 3.8) is 0 Å². The first-order chi connectivity index (χ1) is 16.1. The maximum atomic E-state index is 13.4. The Balaban J connectivity index is 1.20. The molecular weight excluding hydrogens is 490 g/mol. The summed E-state index contributed by atoms with van der Waals surface area (Å²) in [6, 6.07) is 16.7. The van der Waals surface area contributed by atoms with Crippen LogP contribution in [-0.4, -0.2) is 50.8 Å². The summed E-state index contributed by atoms with van der Waals surface area (Å²) in [5.74, 6) is -1.90. The number of rotatable bonds is 3. The minimum atomic E-state index is -0.568. The van der Waals surface area contributed by atoms with Gasteiger partial charge in [-0.05, 0) is 36.4 Å². The maximum absolute atomic E-state index is 13.4. The number of oxime groups is 1. The minimum absolute atomic E-state index is 0.238. The molecule has 2 amide bonds. The van der Waals surface area contributed by atoms with Crippen LogP contribution in [0.2, 0.25) is 0 Å². The molecule has 1 aromatic heterocycles. The van der Waals surface area contributed by atoms with Gasteiger partial charge in [0.2, 0.25) is 11.8 Å². The number of benzene rings is 2. The van der Waals surface area contributed by atoms with Gasteiger partial charge in [0.1, 0.15) is 17.5 Å². The third-order valence-electron chi connectivity index (χ3n) is 6.87. The molecule has 7 rings (SSSR count). The highest BCUT2D eigenvalue weighted by atomic mass is 79.9. The first-order valence-corrected chi connectivity index (χ1v) is 11.4. The fourth-order valence-corrected chi connectivity index (χ4v) is 5.74. The number of para-hydroxylation sites is 1. The Morgan fingerprint density at radius 3 is 2.30 bits per heavy atom. The van der Waals surface area contributed by atoms with Gasteiger partial charge in [-0.25, -0.2) is 4.90 Å². The van der Waals surface area contributed by atoms with Crippen LogP contribution in [-0.2, 0) is 19.2 Å². The van der Waals surface area contributed by atoms with Crippen molar-refractivity contribution in [1.29, 1.82) is 0 Å². The molecule has 5 heterocycles. The lowest BCUT2D eigenvalue weighted by molar-refractivity contribution is -0.125. The van der Waals surface area contributed by atoms with Crippen molar-refractivity contribution in [3.8, 4) is 5.69 Å². The summed E-state index contributed by atoms with van der Waals surface area (Å²) in [4.78, 5) is 35.2. The van der Waals surface area contributed by atoms with Crippen LogP contribution in [0.25, 0.3) is 5.69 Å². The molecule has 33 heavy (non-hydrogen) atoms. The van der Waals surface area contributed by atoms with Crippen molar-refractivity contribution in [2.45, 2.75) is 18.3 Å². The fourth-order valence-electron chi connectivity index (χ4n) is 5.48. The third-order valence-corrected chi connectivity index (χ3v) is 7.40. The summed E-state index contributed by atoms with van der Waals surface area (Å²) in [5.41, 5.74) is 2.56. The number of fused-ring (bicyclic) bond motifs is 8. The zero-order valence-corrected chi connectivity index (χ0v) is 18.6. The number of halogens is 1. The summed E-state index contributed by atoms with van der Waals surface area (Å²) >= 11 is 3.39. The number of ether oxygens (including phenoxy) is 1. The van der Waals surface area contributed by atoms with E-state index in [9.17, 15) is 9.59 Å². The fraction of sp³-hybridized carbons (Fsp3) is 0.261. The van der Waals surface area contributed by atoms with Crippen molar-refractivity contribution in [2.24, 2.45) is 22.9 Å². The predicted molar refractivity (Wildman–Crippen MR) is 119 cm³/mol. The normalized spacial score (nSPS) is 31.5. The van der Waals surface area contributed by atoms with E-state index in [2.05, 4.69) is 31.3 Å². The Morgan fingerprint density at radius 2 is 1.55 bits per heavy atom. The second kappa shape index (κ2) is 6.82. The van der Waals surface area contributed by atoms with E-state index in [4.69, 9.17) is 9.57 Å². The number of aromatic nitrogens is 3. The van der Waals surface area contributed by atoms with Crippen molar-refractivity contribution in [3.05, 3.63) is 71.0 Å². The lowest BCUT2D eigenvalue weighted by Gasteiger charge is -2.25. The number of amides is 2. The summed E-state index contributed by atoms with van der Waals surface area (Å²) in [5, 5.41) is 13.2. The van der Waals surface area contributed by atoms with Crippen molar-refractivity contribution >= 4 is 39.1 Å². The standard InChI is InChI=1S/C23H16BrN5O4/c24-11-6-8-12(9-7-11)28-22(30)15-16(23(28)31)20-21-17(19(15)32-20)18(27-33-21)14-10-25-29(26-14)13-4-2-1-3-5-13/h1-10,15-17,19-21H/t15-,16+,17-,19-,20+,21-/m1/s1. The molecule has 2 aromatic carbocycles. The zero-order chi connectivity index (χ0) is 22.3. The number of hydrogen-bond donors (Lipinski definition) is 0. The molecule has 10 heteroatoms. The molecule has 0 N–H and O–H groups in total. The Bertz CT molecular complexity index is 1320. The summed E-state index contributed by atoms with van der Waals surface area (Å²) < 4.78 is 7.03. The number of carbonyl (C=O) groups excluding carboxylic acids is 2. The SMILES string of the molecule is O=C1[C@@H]2[C@@H]3O[C@@H]([C@H]4C(c5cnn(-c6ccccc6)n5)=NO[C@@H]34)[C@@H]2C(=O)N1c1ccc(Br)cc1. The molecule has 4 aliphatic rings. The summed E-state index contributed by atoms with van der Waals surface area (Å²) in [6.07, 6.45) is 0.198. The van der Waals surface area contributed by atoms with Gasteiger partial charge in [0.15, 0.2) is 6.10 Å². The van der Waals surface area contributed by atoms with Crippen LogP contribution in [0.4, 0.5) is 5.69 Å². The average Bonchev–Trinajstić information content (AvgIpc) is 3.63. The van der Waals surface area contributed by atoms with Gasteiger partial charge in [-0.1, -0.05) is 39.3 Å². The molecule has 2 bridgehead atoms. The maximum Gasteiger partial charge on any atom is 0.240 e. The number of imide groups is 1. The van der Waals surface area contributed by atoms with E-state index in [1.807, 2.05) is 42.5 Å². The van der Waals surface area contributed by atoms with E-state index in [-0.39, 0.29) is 17.7 Å². The summed E-state index contributed by atoms with van der Waals surface area (Å²) in [7, 11) is 0. The van der Waals surface area contributed by atoms with Crippen LogP contribution in [0.3, 0.4) is 0 Å². The van der Waals surface area contributed by atoms with Gasteiger partial charge in [-0.3, -0.25) is 9.59 Å². The van der Waals surface area contributed by atoms with Gasteiger partial charge in [0, 0.05) is 4.47 Å². The molecule has 3 aromatic rings. The van der Waals surface area contributed by atoms with E-state index in [0.717, 1.165) is 10.2 Å². The molecule has 9 nitrogen and oxygen atoms in total. The van der Waals surface area contributed by atoms with E-state index in [1.54, 1.807) is 18.3 Å². The van der Waals surface area contributed by atoms with Gasteiger partial charge in [0.05, 0.1) is 41.4 Å². The van der Waals surface area contributed by atoms with Crippen LogP contribution in [0, 0.1) is 17.8 Å². The van der Waals surface area contributed by atoms with Crippen molar-refractivity contribution < 1.29 is 19.2 Å². The molecule has 3 saturated heterocycles. The molecule has 4 aliphatic heterocycles. The molecule has 0 spiro atoms. The molecule has 6 atom stereocenters. The minimum Gasteiger partial charge on any atom is -0.389 e. The second-order valence-electron chi connectivity index (χ2n) is 8.53. The van der Waals surface area contributed by atoms with E-state index >= 15 is 0 Å². The van der Waals surface area contributed by atoms with Crippen LogP contribution in [0.1, 0.15) is 5.69 Å². The third kappa shape index (κ3) is 2.58. The molecule has 0 saturated carbocycles. The Kier molecular flexibility index (Phi) is 3.95. The van der Waals surface area contributed by atoms with Crippen LogP contribution >= 0.6 is 15.9 Å². The van der Waals surface area contributed by atoms with Crippen molar-refractivity contribution in [1.82, 2.24) is 15.0 Å². The largest absolute Gasteiger partial charge is 0.389 e. The Morgan fingerprint density at radius 1 is 0.818 bits per heavy atom. The lowest BCUT2D eigenvalue weighted by atomic mass is 9.72. The molecule has 0 unspecified atom stereocenters. The van der Waals surface area contributed by atoms with Gasteiger partial charge in [-0.2, -0.15) is 9.90 Å². The van der Waals surface area contributed by atoms with Crippen LogP contribution in [0.5, 0.6) is 0 Å². The highest BCUT2D eigenvalue weighted by molar-refractivity contribution is 9.10. The number of carbonyl (C=O) groups is 2. The highest BCUT2D eigenvalue weighted by Crippen LogP contribution is 2.55.